The first kappa shape index (κ1) is 25.8. The van der Waals surface area contributed by atoms with Gasteiger partial charge in [0, 0.05) is 19.5 Å². The Bertz CT molecular complexity index is 318. The van der Waals surface area contributed by atoms with Crippen LogP contribution in [0.3, 0.4) is 0 Å². The molecule has 0 radical (unpaired) electrons. The van der Waals surface area contributed by atoms with Crippen LogP contribution in [0, 0.1) is 0 Å². The molecule has 0 unspecified atom stereocenters. The zero-order valence-corrected chi connectivity index (χ0v) is 19.4. The Morgan fingerprint density at radius 1 is 0.609 bits per heavy atom. The first-order valence-corrected chi connectivity index (χ1v) is 11.1. The van der Waals surface area contributed by atoms with Gasteiger partial charge in [-0.1, -0.05) is 90.9 Å². The van der Waals surface area contributed by atoms with Gasteiger partial charge in [-0.25, -0.2) is 0 Å². The molecule has 0 amide bonds. The molecule has 5 heteroatoms. The topological polar surface area (TPSA) is 43.4 Å². The molecule has 0 aliphatic heterocycles. The van der Waals surface area contributed by atoms with E-state index < -0.39 is 10.1 Å². The summed E-state index contributed by atoms with van der Waals surface area (Å²) in [5.41, 5.74) is 0. The summed E-state index contributed by atoms with van der Waals surface area (Å²) in [5.74, 6) is 0.192. The molecule has 0 fully saturated rings. The molecular formula is C18H38O3SZn. The van der Waals surface area contributed by atoms with Crippen molar-refractivity contribution < 1.29 is 32.1 Å². The van der Waals surface area contributed by atoms with E-state index in [0.717, 1.165) is 32.1 Å². The molecule has 0 aromatic heterocycles. The van der Waals surface area contributed by atoms with E-state index >= 15 is 0 Å². The normalized spacial score (nSPS) is 11.4. The largest absolute Gasteiger partial charge is 0.270 e. The van der Waals surface area contributed by atoms with Crippen molar-refractivity contribution in [1.82, 2.24) is 0 Å². The van der Waals surface area contributed by atoms with E-state index in [4.69, 9.17) is 4.18 Å². The van der Waals surface area contributed by atoms with Gasteiger partial charge in [-0.3, -0.25) is 4.18 Å². The van der Waals surface area contributed by atoms with E-state index in [0.29, 0.717) is 6.61 Å². The fourth-order valence-electron chi connectivity index (χ4n) is 2.54. The van der Waals surface area contributed by atoms with Crippen LogP contribution in [0.5, 0.6) is 0 Å². The molecule has 0 aromatic carbocycles. The molecule has 0 saturated carbocycles. The standard InChI is InChI=1S/C18H38O3S.Zn/c1-3-5-7-9-11-13-15-17-21-22(19,20)18-16-14-12-10-8-6-4-2;/h3-18H2,1-2H3;. The quantitative estimate of drug-likeness (QED) is 0.175. The molecule has 0 aliphatic carbocycles. The van der Waals surface area contributed by atoms with Gasteiger partial charge in [0.15, 0.2) is 0 Å². The van der Waals surface area contributed by atoms with E-state index in [1.54, 1.807) is 0 Å². The Morgan fingerprint density at radius 2 is 1.00 bits per heavy atom. The number of unbranched alkanes of at least 4 members (excludes halogenated alkanes) is 12. The number of rotatable bonds is 17. The molecular weight excluding hydrogens is 362 g/mol. The van der Waals surface area contributed by atoms with Crippen molar-refractivity contribution in [1.29, 1.82) is 0 Å². The Morgan fingerprint density at radius 3 is 1.48 bits per heavy atom. The Hall–Kier alpha value is 0.533. The monoisotopic (exact) mass is 398 g/mol. The molecule has 3 nitrogen and oxygen atoms in total. The van der Waals surface area contributed by atoms with Gasteiger partial charge in [0.25, 0.3) is 10.1 Å². The maximum absolute atomic E-state index is 11.7. The predicted octanol–water partition coefficient (Wildman–Crippen LogP) is 5.83. The maximum atomic E-state index is 11.7. The van der Waals surface area contributed by atoms with Crippen LogP contribution in [-0.4, -0.2) is 20.8 Å². The molecule has 0 heterocycles. The predicted molar refractivity (Wildman–Crippen MR) is 95.7 cm³/mol. The molecule has 0 spiro atoms. The van der Waals surface area contributed by atoms with Crippen LogP contribution in [0.25, 0.3) is 0 Å². The van der Waals surface area contributed by atoms with Crippen LogP contribution in [0.2, 0.25) is 0 Å². The summed E-state index contributed by atoms with van der Waals surface area (Å²) >= 11 is 0. The zero-order chi connectivity index (χ0) is 16.5. The fraction of sp³-hybridized carbons (Fsp3) is 1.00. The van der Waals surface area contributed by atoms with Crippen molar-refractivity contribution in [3.63, 3.8) is 0 Å². The molecule has 136 valence electrons. The van der Waals surface area contributed by atoms with Gasteiger partial charge in [0.05, 0.1) is 12.4 Å². The van der Waals surface area contributed by atoms with Crippen molar-refractivity contribution in [3.05, 3.63) is 0 Å². The van der Waals surface area contributed by atoms with Crippen LogP contribution in [0.1, 0.15) is 104 Å². The molecule has 0 aromatic rings. The SMILES string of the molecule is CCCCCCCCCOS(=O)(=O)CCCCCCCCC.[Zn]. The van der Waals surface area contributed by atoms with E-state index in [-0.39, 0.29) is 25.2 Å². The van der Waals surface area contributed by atoms with Crippen LogP contribution < -0.4 is 0 Å². The van der Waals surface area contributed by atoms with Crippen molar-refractivity contribution >= 4 is 10.1 Å². The van der Waals surface area contributed by atoms with Gasteiger partial charge < -0.3 is 0 Å². The van der Waals surface area contributed by atoms with Gasteiger partial charge in [-0.15, -0.1) is 0 Å². The summed E-state index contributed by atoms with van der Waals surface area (Å²) < 4.78 is 28.5. The minimum absolute atomic E-state index is 0. The van der Waals surface area contributed by atoms with Crippen LogP contribution in [0.15, 0.2) is 0 Å². The number of hydrogen-bond acceptors (Lipinski definition) is 3. The minimum Gasteiger partial charge on any atom is -0.270 e. The first-order valence-electron chi connectivity index (χ1n) is 9.49. The molecule has 0 rings (SSSR count). The summed E-state index contributed by atoms with van der Waals surface area (Å²) in [6, 6.07) is 0. The molecule has 0 bridgehead atoms. The van der Waals surface area contributed by atoms with Gasteiger partial charge in [0.2, 0.25) is 0 Å². The molecule has 0 aliphatic rings. The van der Waals surface area contributed by atoms with Crippen LogP contribution >= 0.6 is 0 Å². The second-order valence-electron chi connectivity index (χ2n) is 6.33. The van der Waals surface area contributed by atoms with E-state index in [1.807, 2.05) is 0 Å². The molecule has 0 N–H and O–H groups in total. The third kappa shape index (κ3) is 20.5. The molecule has 0 atom stereocenters. The van der Waals surface area contributed by atoms with Crippen LogP contribution in [-0.2, 0) is 33.8 Å². The van der Waals surface area contributed by atoms with E-state index in [2.05, 4.69) is 13.8 Å². The van der Waals surface area contributed by atoms with Gasteiger partial charge in [-0.2, -0.15) is 8.42 Å². The number of hydrogen-bond donors (Lipinski definition) is 0. The smallest absolute Gasteiger partial charge is 0.267 e. The van der Waals surface area contributed by atoms with Crippen molar-refractivity contribution in [2.24, 2.45) is 0 Å². The average molecular weight is 400 g/mol. The second kappa shape index (κ2) is 18.9. The summed E-state index contributed by atoms with van der Waals surface area (Å²) in [5, 5.41) is 0. The third-order valence-electron chi connectivity index (χ3n) is 4.01. The Labute approximate surface area is 158 Å². The van der Waals surface area contributed by atoms with E-state index in [9.17, 15) is 8.42 Å². The maximum Gasteiger partial charge on any atom is 0.267 e. The summed E-state index contributed by atoms with van der Waals surface area (Å²) in [6.07, 6.45) is 16.2. The van der Waals surface area contributed by atoms with Crippen molar-refractivity contribution in [2.75, 3.05) is 12.4 Å². The minimum atomic E-state index is -3.28. The average Bonchev–Trinajstić information content (AvgIpc) is 2.49. The second-order valence-corrected chi connectivity index (χ2v) is 8.09. The van der Waals surface area contributed by atoms with Gasteiger partial charge in [-0.05, 0) is 12.8 Å². The fourth-order valence-corrected chi connectivity index (χ4v) is 3.59. The van der Waals surface area contributed by atoms with Crippen molar-refractivity contribution in [3.8, 4) is 0 Å². The summed E-state index contributed by atoms with van der Waals surface area (Å²) in [7, 11) is -3.28. The van der Waals surface area contributed by atoms with E-state index in [1.165, 1.54) is 57.8 Å². The molecule has 23 heavy (non-hydrogen) atoms. The van der Waals surface area contributed by atoms with Gasteiger partial charge >= 0.3 is 0 Å². The Balaban J connectivity index is 0. The van der Waals surface area contributed by atoms with Crippen LogP contribution in [0.4, 0.5) is 0 Å². The zero-order valence-electron chi connectivity index (χ0n) is 15.7. The Kier molecular flexibility index (Phi) is 21.1. The first-order chi connectivity index (χ1) is 10.6. The summed E-state index contributed by atoms with van der Waals surface area (Å²) in [4.78, 5) is 0. The van der Waals surface area contributed by atoms with Gasteiger partial charge in [0.1, 0.15) is 0 Å². The third-order valence-corrected chi connectivity index (χ3v) is 5.32. The van der Waals surface area contributed by atoms with Crippen molar-refractivity contribution in [2.45, 2.75) is 104 Å². The summed E-state index contributed by atoms with van der Waals surface area (Å²) in [6.45, 7) is 4.78. The molecule has 0 saturated heterocycles.